The zero-order chi connectivity index (χ0) is 10.7. The summed E-state index contributed by atoms with van der Waals surface area (Å²) in [6.07, 6.45) is 2.13. The van der Waals surface area contributed by atoms with Crippen LogP contribution in [0.3, 0.4) is 0 Å². The first kappa shape index (κ1) is 10.6. The molecular weight excluding hydrogens is 208 g/mol. The highest BCUT2D eigenvalue weighted by Crippen LogP contribution is 2.15. The van der Waals surface area contributed by atoms with Crippen molar-refractivity contribution >= 4 is 17.2 Å². The van der Waals surface area contributed by atoms with E-state index in [-0.39, 0.29) is 11.9 Å². The van der Waals surface area contributed by atoms with Crippen LogP contribution in [0.5, 0.6) is 0 Å². The molecule has 1 aliphatic rings. The zero-order valence-electron chi connectivity index (χ0n) is 8.90. The summed E-state index contributed by atoms with van der Waals surface area (Å²) in [5.74, 6) is 0.170. The van der Waals surface area contributed by atoms with Crippen molar-refractivity contribution in [1.82, 2.24) is 10.2 Å². The second-order valence-corrected chi connectivity index (χ2v) is 4.97. The van der Waals surface area contributed by atoms with E-state index in [1.165, 1.54) is 4.88 Å². The van der Waals surface area contributed by atoms with Gasteiger partial charge in [0.25, 0.3) is 0 Å². The monoisotopic (exact) mass is 224 g/mol. The number of hydrogen-bond donors (Lipinski definition) is 1. The van der Waals surface area contributed by atoms with E-state index in [1.807, 2.05) is 24.6 Å². The molecule has 1 unspecified atom stereocenters. The first-order valence-corrected chi connectivity index (χ1v) is 6.15. The van der Waals surface area contributed by atoms with Crippen LogP contribution < -0.4 is 5.32 Å². The SMILES string of the molecule is CN1CCCC1C(=O)NCc1cccs1. The van der Waals surface area contributed by atoms with Crippen molar-refractivity contribution in [2.24, 2.45) is 0 Å². The molecule has 1 aromatic heterocycles. The molecule has 0 aliphatic carbocycles. The first-order valence-electron chi connectivity index (χ1n) is 5.27. The maximum atomic E-state index is 11.8. The molecule has 1 atom stereocenters. The van der Waals surface area contributed by atoms with E-state index in [9.17, 15) is 4.79 Å². The molecule has 0 saturated carbocycles. The lowest BCUT2D eigenvalue weighted by Gasteiger charge is -2.18. The fourth-order valence-electron chi connectivity index (χ4n) is 1.95. The minimum Gasteiger partial charge on any atom is -0.350 e. The van der Waals surface area contributed by atoms with Gasteiger partial charge in [0.05, 0.1) is 12.6 Å². The Bertz CT molecular complexity index is 323. The highest BCUT2D eigenvalue weighted by molar-refractivity contribution is 7.09. The normalized spacial score (nSPS) is 21.8. The van der Waals surface area contributed by atoms with Crippen LogP contribution >= 0.6 is 11.3 Å². The second kappa shape index (κ2) is 4.77. The molecule has 1 aliphatic heterocycles. The van der Waals surface area contributed by atoms with E-state index >= 15 is 0 Å². The zero-order valence-corrected chi connectivity index (χ0v) is 9.72. The molecule has 1 amide bonds. The molecule has 2 rings (SSSR count). The molecule has 1 saturated heterocycles. The van der Waals surface area contributed by atoms with Crippen LogP contribution in [0.25, 0.3) is 0 Å². The van der Waals surface area contributed by atoms with Gasteiger partial charge in [-0.1, -0.05) is 6.07 Å². The van der Waals surface area contributed by atoms with E-state index in [1.54, 1.807) is 11.3 Å². The minimum absolute atomic E-state index is 0.0879. The Hall–Kier alpha value is -0.870. The van der Waals surface area contributed by atoms with Crippen LogP contribution in [0.4, 0.5) is 0 Å². The van der Waals surface area contributed by atoms with Crippen molar-refractivity contribution in [3.63, 3.8) is 0 Å². The Kier molecular flexibility index (Phi) is 3.38. The van der Waals surface area contributed by atoms with Crippen molar-refractivity contribution in [3.8, 4) is 0 Å². The smallest absolute Gasteiger partial charge is 0.237 e. The summed E-state index contributed by atoms with van der Waals surface area (Å²) in [6.45, 7) is 1.71. The minimum atomic E-state index is 0.0879. The van der Waals surface area contributed by atoms with Crippen LogP contribution in [0.2, 0.25) is 0 Å². The van der Waals surface area contributed by atoms with Crippen molar-refractivity contribution in [3.05, 3.63) is 22.4 Å². The average Bonchev–Trinajstić information content (AvgIpc) is 2.84. The predicted molar refractivity (Wildman–Crippen MR) is 61.8 cm³/mol. The van der Waals surface area contributed by atoms with Gasteiger partial charge in [0.1, 0.15) is 0 Å². The molecule has 0 radical (unpaired) electrons. The number of likely N-dealkylation sites (tertiary alicyclic amines) is 1. The number of carbonyl (C=O) groups excluding carboxylic acids is 1. The molecule has 4 heteroatoms. The van der Waals surface area contributed by atoms with E-state index in [2.05, 4.69) is 10.2 Å². The number of thiophene rings is 1. The Morgan fingerprint density at radius 3 is 3.20 bits per heavy atom. The third-order valence-corrected chi connectivity index (χ3v) is 3.72. The molecule has 82 valence electrons. The molecule has 1 fully saturated rings. The number of rotatable bonds is 3. The molecule has 3 nitrogen and oxygen atoms in total. The predicted octanol–water partition coefficient (Wildman–Crippen LogP) is 1.46. The molecule has 1 aromatic rings. The van der Waals surface area contributed by atoms with Gasteiger partial charge in [0.15, 0.2) is 0 Å². The van der Waals surface area contributed by atoms with Gasteiger partial charge in [-0.05, 0) is 37.9 Å². The lowest BCUT2D eigenvalue weighted by Crippen LogP contribution is -2.40. The summed E-state index contributed by atoms with van der Waals surface area (Å²) in [5, 5.41) is 5.02. The van der Waals surface area contributed by atoms with E-state index in [0.717, 1.165) is 19.4 Å². The summed E-state index contributed by atoms with van der Waals surface area (Å²) < 4.78 is 0. The quantitative estimate of drug-likeness (QED) is 0.843. The van der Waals surface area contributed by atoms with E-state index in [4.69, 9.17) is 0 Å². The fourth-order valence-corrected chi connectivity index (χ4v) is 2.59. The number of amides is 1. The summed E-state index contributed by atoms with van der Waals surface area (Å²) in [4.78, 5) is 15.1. The van der Waals surface area contributed by atoms with Gasteiger partial charge in [-0.25, -0.2) is 0 Å². The molecule has 15 heavy (non-hydrogen) atoms. The van der Waals surface area contributed by atoms with Crippen molar-refractivity contribution < 1.29 is 4.79 Å². The topological polar surface area (TPSA) is 32.3 Å². The molecule has 1 N–H and O–H groups in total. The summed E-state index contributed by atoms with van der Waals surface area (Å²) in [7, 11) is 2.02. The highest BCUT2D eigenvalue weighted by Gasteiger charge is 2.27. The van der Waals surface area contributed by atoms with Crippen LogP contribution in [-0.4, -0.2) is 30.4 Å². The third kappa shape index (κ3) is 2.58. The van der Waals surface area contributed by atoms with Gasteiger partial charge in [0, 0.05) is 4.88 Å². The van der Waals surface area contributed by atoms with Gasteiger partial charge >= 0.3 is 0 Å². The Morgan fingerprint density at radius 1 is 1.73 bits per heavy atom. The van der Waals surface area contributed by atoms with Crippen LogP contribution in [0.15, 0.2) is 17.5 Å². The van der Waals surface area contributed by atoms with Gasteiger partial charge < -0.3 is 5.32 Å². The molecule has 0 aromatic carbocycles. The lowest BCUT2D eigenvalue weighted by molar-refractivity contribution is -0.125. The van der Waals surface area contributed by atoms with E-state index < -0.39 is 0 Å². The Labute approximate surface area is 94.1 Å². The summed E-state index contributed by atoms with van der Waals surface area (Å²) in [6, 6.07) is 4.14. The van der Waals surface area contributed by atoms with Crippen LogP contribution in [-0.2, 0) is 11.3 Å². The maximum absolute atomic E-state index is 11.8. The van der Waals surface area contributed by atoms with Crippen molar-refractivity contribution in [2.45, 2.75) is 25.4 Å². The average molecular weight is 224 g/mol. The maximum Gasteiger partial charge on any atom is 0.237 e. The van der Waals surface area contributed by atoms with Crippen LogP contribution in [0, 0.1) is 0 Å². The molecule has 0 bridgehead atoms. The van der Waals surface area contributed by atoms with Gasteiger partial charge in [-0.3, -0.25) is 9.69 Å². The number of nitrogens with zero attached hydrogens (tertiary/aromatic N) is 1. The Morgan fingerprint density at radius 2 is 2.60 bits per heavy atom. The third-order valence-electron chi connectivity index (χ3n) is 2.84. The number of likely N-dealkylation sites (N-methyl/N-ethyl adjacent to an activating group) is 1. The van der Waals surface area contributed by atoms with Gasteiger partial charge in [0.2, 0.25) is 5.91 Å². The second-order valence-electron chi connectivity index (χ2n) is 3.94. The number of hydrogen-bond acceptors (Lipinski definition) is 3. The number of carbonyl (C=O) groups is 1. The molecule has 2 heterocycles. The van der Waals surface area contributed by atoms with E-state index in [0.29, 0.717) is 6.54 Å². The largest absolute Gasteiger partial charge is 0.350 e. The highest BCUT2D eigenvalue weighted by atomic mass is 32.1. The first-order chi connectivity index (χ1) is 7.27. The van der Waals surface area contributed by atoms with Gasteiger partial charge in [-0.2, -0.15) is 0 Å². The summed E-state index contributed by atoms with van der Waals surface area (Å²) >= 11 is 1.68. The lowest BCUT2D eigenvalue weighted by atomic mass is 10.2. The van der Waals surface area contributed by atoms with Crippen molar-refractivity contribution in [1.29, 1.82) is 0 Å². The molecular formula is C11H16N2OS. The van der Waals surface area contributed by atoms with Crippen molar-refractivity contribution in [2.75, 3.05) is 13.6 Å². The number of nitrogens with one attached hydrogen (secondary N) is 1. The standard InChI is InChI=1S/C11H16N2OS/c1-13-6-2-5-10(13)11(14)12-8-9-4-3-7-15-9/h3-4,7,10H,2,5-6,8H2,1H3,(H,12,14). The molecule has 0 spiro atoms. The Balaban J connectivity index is 1.82. The van der Waals surface area contributed by atoms with Crippen LogP contribution in [0.1, 0.15) is 17.7 Å². The summed E-state index contributed by atoms with van der Waals surface area (Å²) in [5.41, 5.74) is 0. The fraction of sp³-hybridized carbons (Fsp3) is 0.545. The van der Waals surface area contributed by atoms with Gasteiger partial charge in [-0.15, -0.1) is 11.3 Å².